The second kappa shape index (κ2) is 42.4. The Hall–Kier alpha value is -4.32. The molecule has 0 aliphatic carbocycles. The van der Waals surface area contributed by atoms with E-state index in [0.717, 1.165) is 77.3 Å². The van der Waals surface area contributed by atoms with Gasteiger partial charge >= 0.3 is 23.9 Å². The molecule has 398 valence electrons. The van der Waals surface area contributed by atoms with E-state index in [0.29, 0.717) is 39.3 Å². The molecule has 0 radical (unpaired) electrons. The summed E-state index contributed by atoms with van der Waals surface area (Å²) in [6, 6.07) is 0. The first kappa shape index (κ1) is 65.7. The summed E-state index contributed by atoms with van der Waals surface area (Å²) in [6.45, 7) is 31.0. The molecular formula is C59H99N3O8. The Bertz CT molecular complexity index is 1510. The fraction of sp³-hybridized carbons (Fsp3) is 0.661. The summed E-state index contributed by atoms with van der Waals surface area (Å²) in [6.07, 6.45) is 27.0. The number of nitrogens with zero attached hydrogens (tertiary/aromatic N) is 3. The Balaban J connectivity index is 5.43. The highest BCUT2D eigenvalue weighted by Gasteiger charge is 2.15. The van der Waals surface area contributed by atoms with Crippen molar-refractivity contribution in [3.05, 3.63) is 93.2 Å². The van der Waals surface area contributed by atoms with Crippen molar-refractivity contribution in [3.8, 4) is 0 Å². The normalized spacial score (nSPS) is 12.2. The largest absolute Gasteiger partial charge is 0.461 e. The van der Waals surface area contributed by atoms with Crippen molar-refractivity contribution in [3.63, 3.8) is 0 Å². The second-order valence-electron chi connectivity index (χ2n) is 19.9. The summed E-state index contributed by atoms with van der Waals surface area (Å²) in [5.74, 6) is -1.03. The fourth-order valence-electron chi connectivity index (χ4n) is 7.07. The molecule has 0 aliphatic rings. The third-order valence-corrected chi connectivity index (χ3v) is 11.6. The molecule has 0 amide bonds. The molecule has 0 rings (SSSR count). The van der Waals surface area contributed by atoms with Gasteiger partial charge in [0.2, 0.25) is 0 Å². The van der Waals surface area contributed by atoms with Crippen LogP contribution >= 0.6 is 0 Å². The monoisotopic (exact) mass is 978 g/mol. The van der Waals surface area contributed by atoms with Crippen molar-refractivity contribution >= 4 is 23.9 Å². The molecule has 0 N–H and O–H groups in total. The SMILES string of the molecule is CC(C)=CCC/C(C)=C/COC(=O)CCN(CCCN(C)CCCN(CCC(=O)OC/C=C(\C)CCC=C(C)C)CCC(=O)OC/C=C(\C)CCC=C(C)C)CCC(=O)OC/C=C(\C)CCC=C(C)C. The van der Waals surface area contributed by atoms with Crippen LogP contribution in [0.15, 0.2) is 93.2 Å². The van der Waals surface area contributed by atoms with E-state index in [2.05, 4.69) is 129 Å². The van der Waals surface area contributed by atoms with Gasteiger partial charge in [-0.2, -0.15) is 0 Å². The molecule has 0 aromatic carbocycles. The van der Waals surface area contributed by atoms with Crippen molar-refractivity contribution in [1.29, 1.82) is 0 Å². The molecule has 0 aliphatic heterocycles. The molecule has 0 aromatic rings. The van der Waals surface area contributed by atoms with Crippen molar-refractivity contribution < 1.29 is 38.1 Å². The summed E-state index contributed by atoms with van der Waals surface area (Å²) in [4.78, 5) is 57.7. The van der Waals surface area contributed by atoms with E-state index in [1.54, 1.807) is 0 Å². The van der Waals surface area contributed by atoms with Crippen LogP contribution in [-0.4, -0.2) is 124 Å². The lowest BCUT2D eigenvalue weighted by molar-refractivity contribution is -0.144. The van der Waals surface area contributed by atoms with E-state index in [1.807, 2.05) is 24.3 Å². The van der Waals surface area contributed by atoms with Gasteiger partial charge in [-0.25, -0.2) is 0 Å². The topological polar surface area (TPSA) is 115 Å². The van der Waals surface area contributed by atoms with Gasteiger partial charge in [0, 0.05) is 26.2 Å². The smallest absolute Gasteiger partial charge is 0.307 e. The number of ether oxygens (including phenoxy) is 4. The molecule has 0 heterocycles. The van der Waals surface area contributed by atoms with Gasteiger partial charge in [0.05, 0.1) is 25.7 Å². The second-order valence-corrected chi connectivity index (χ2v) is 19.9. The van der Waals surface area contributed by atoms with E-state index in [4.69, 9.17) is 18.9 Å². The highest BCUT2D eigenvalue weighted by molar-refractivity contribution is 5.71. The molecule has 0 atom stereocenters. The Morgan fingerprint density at radius 3 is 0.757 bits per heavy atom. The minimum absolute atomic E-state index is 0.236. The maximum absolute atomic E-state index is 12.8. The lowest BCUT2D eigenvalue weighted by Gasteiger charge is -2.25. The maximum Gasteiger partial charge on any atom is 0.307 e. The van der Waals surface area contributed by atoms with Crippen LogP contribution in [0.4, 0.5) is 0 Å². The van der Waals surface area contributed by atoms with Crippen molar-refractivity contribution in [1.82, 2.24) is 14.7 Å². The molecule has 0 spiro atoms. The Labute approximate surface area is 427 Å². The molecule has 11 nitrogen and oxygen atoms in total. The third kappa shape index (κ3) is 43.7. The number of carbonyl (C=O) groups excluding carboxylic acids is 4. The highest BCUT2D eigenvalue weighted by Crippen LogP contribution is 2.11. The van der Waals surface area contributed by atoms with Gasteiger partial charge in [-0.15, -0.1) is 0 Å². The molecule has 0 fully saturated rings. The number of allylic oxidation sites excluding steroid dienone is 12. The maximum atomic E-state index is 12.8. The summed E-state index contributed by atoms with van der Waals surface area (Å²) in [5.41, 5.74) is 9.96. The average molecular weight is 978 g/mol. The fourth-order valence-corrected chi connectivity index (χ4v) is 7.07. The number of rotatable bonds is 40. The molecule has 0 saturated carbocycles. The molecule has 0 saturated heterocycles. The van der Waals surface area contributed by atoms with E-state index in [-0.39, 0.29) is 76.0 Å². The van der Waals surface area contributed by atoms with Crippen molar-refractivity contribution in [2.75, 3.05) is 85.8 Å². The molecular weight excluding hydrogens is 879 g/mol. The number of hydrogen-bond acceptors (Lipinski definition) is 11. The standard InChI is InChI=1S/C59H99N3O8/c1-48(2)20-14-24-52(9)32-44-67-56(63)28-40-61(41-29-57(64)68-45-33-53(10)25-15-21-49(3)4)38-18-36-60(13)37-19-39-62(42-30-58(65)69-46-34-54(11)26-16-22-50(5)6)43-31-59(66)70-47-35-55(12)27-17-23-51(7)8/h20-23,32-35H,14-19,24-31,36-47H2,1-13H3/b52-32+,53-33+,54-34+,55-35+. The highest BCUT2D eigenvalue weighted by atomic mass is 16.5. The van der Waals surface area contributed by atoms with Crippen LogP contribution in [0.3, 0.4) is 0 Å². The number of carbonyl (C=O) groups is 4. The zero-order valence-electron chi connectivity index (χ0n) is 46.6. The predicted molar refractivity (Wildman–Crippen MR) is 292 cm³/mol. The van der Waals surface area contributed by atoms with Crippen molar-refractivity contribution in [2.24, 2.45) is 0 Å². The number of hydrogen-bond donors (Lipinski definition) is 0. The van der Waals surface area contributed by atoms with Gasteiger partial charge in [0.25, 0.3) is 0 Å². The van der Waals surface area contributed by atoms with Crippen LogP contribution in [0.25, 0.3) is 0 Å². The van der Waals surface area contributed by atoms with Gasteiger partial charge in [-0.1, -0.05) is 68.9 Å². The predicted octanol–water partition coefficient (Wildman–Crippen LogP) is 12.8. The molecule has 0 unspecified atom stereocenters. The lowest BCUT2D eigenvalue weighted by atomic mass is 10.1. The van der Waals surface area contributed by atoms with E-state index in [9.17, 15) is 19.2 Å². The Morgan fingerprint density at radius 2 is 0.543 bits per heavy atom. The van der Waals surface area contributed by atoms with Gasteiger partial charge in [0.1, 0.15) is 26.4 Å². The third-order valence-electron chi connectivity index (χ3n) is 11.6. The lowest BCUT2D eigenvalue weighted by Crippen LogP contribution is -2.34. The molecule has 0 bridgehead atoms. The van der Waals surface area contributed by atoms with Crippen molar-refractivity contribution in [2.45, 2.75) is 173 Å². The first-order chi connectivity index (χ1) is 33.2. The first-order valence-corrected chi connectivity index (χ1v) is 26.2. The minimum atomic E-state index is -0.256. The van der Waals surface area contributed by atoms with Crippen LogP contribution in [-0.2, 0) is 38.1 Å². The summed E-state index contributed by atoms with van der Waals surface area (Å²) >= 11 is 0. The van der Waals surface area contributed by atoms with Gasteiger partial charge in [-0.05, 0) is 205 Å². The average Bonchev–Trinajstić information content (AvgIpc) is 3.27. The minimum Gasteiger partial charge on any atom is -0.461 e. The van der Waals surface area contributed by atoms with Gasteiger partial charge in [-0.3, -0.25) is 19.2 Å². The molecule has 0 aromatic heterocycles. The molecule has 11 heteroatoms. The van der Waals surface area contributed by atoms with Crippen LogP contribution in [0.5, 0.6) is 0 Å². The molecule has 70 heavy (non-hydrogen) atoms. The van der Waals surface area contributed by atoms with Crippen LogP contribution < -0.4 is 0 Å². The van der Waals surface area contributed by atoms with E-state index >= 15 is 0 Å². The number of esters is 4. The van der Waals surface area contributed by atoms with E-state index in [1.165, 1.54) is 44.6 Å². The van der Waals surface area contributed by atoms with Gasteiger partial charge in [0.15, 0.2) is 0 Å². The van der Waals surface area contributed by atoms with Crippen LogP contribution in [0, 0.1) is 0 Å². The summed E-state index contributed by atoms with van der Waals surface area (Å²) in [7, 11) is 2.09. The summed E-state index contributed by atoms with van der Waals surface area (Å²) < 4.78 is 22.2. The van der Waals surface area contributed by atoms with Crippen LogP contribution in [0.2, 0.25) is 0 Å². The quantitative estimate of drug-likeness (QED) is 0.0332. The zero-order chi connectivity index (χ0) is 52.5. The Kier molecular flexibility index (Phi) is 39.8. The van der Waals surface area contributed by atoms with E-state index < -0.39 is 0 Å². The Morgan fingerprint density at radius 1 is 0.314 bits per heavy atom. The summed E-state index contributed by atoms with van der Waals surface area (Å²) in [5, 5.41) is 0. The van der Waals surface area contributed by atoms with Gasteiger partial charge < -0.3 is 33.6 Å². The zero-order valence-corrected chi connectivity index (χ0v) is 46.6. The first-order valence-electron chi connectivity index (χ1n) is 26.2. The van der Waals surface area contributed by atoms with Crippen LogP contribution in [0.1, 0.15) is 173 Å².